The molecular weight excluding hydrogens is 244 g/mol. The molecular formula is C14H12N2O3. The smallest absolute Gasteiger partial charge is 0.269 e. The lowest BCUT2D eigenvalue weighted by molar-refractivity contribution is 0.0962. The number of hydrazine groups is 1. The molecule has 1 aliphatic heterocycles. The zero-order valence-corrected chi connectivity index (χ0v) is 10.1. The number of rotatable bonds is 3. The van der Waals surface area contributed by atoms with Gasteiger partial charge in [-0.15, -0.1) is 0 Å². The van der Waals surface area contributed by atoms with E-state index in [9.17, 15) is 4.79 Å². The van der Waals surface area contributed by atoms with Gasteiger partial charge >= 0.3 is 0 Å². The van der Waals surface area contributed by atoms with E-state index >= 15 is 0 Å². The highest BCUT2D eigenvalue weighted by atomic mass is 16.7. The highest BCUT2D eigenvalue weighted by Gasteiger charge is 2.15. The summed E-state index contributed by atoms with van der Waals surface area (Å²) in [5, 5.41) is 0. The first kappa shape index (κ1) is 11.4. The number of hydrogen-bond acceptors (Lipinski definition) is 4. The Morgan fingerprint density at radius 2 is 1.79 bits per heavy atom. The normalized spacial score (nSPS) is 12.0. The van der Waals surface area contributed by atoms with Crippen molar-refractivity contribution >= 4 is 11.6 Å². The zero-order valence-electron chi connectivity index (χ0n) is 10.1. The van der Waals surface area contributed by atoms with Crippen molar-refractivity contribution in [2.45, 2.75) is 0 Å². The summed E-state index contributed by atoms with van der Waals surface area (Å²) in [6.07, 6.45) is 0. The van der Waals surface area contributed by atoms with Gasteiger partial charge in [0.1, 0.15) is 0 Å². The van der Waals surface area contributed by atoms with Gasteiger partial charge in [-0.2, -0.15) is 0 Å². The van der Waals surface area contributed by atoms with Crippen molar-refractivity contribution in [2.24, 2.45) is 0 Å². The molecule has 0 saturated carbocycles. The number of fused-ring (bicyclic) bond motifs is 1. The molecule has 0 radical (unpaired) electrons. The van der Waals surface area contributed by atoms with Crippen LogP contribution in [0.2, 0.25) is 0 Å². The van der Waals surface area contributed by atoms with Gasteiger partial charge in [0.2, 0.25) is 6.79 Å². The molecule has 0 saturated heterocycles. The molecule has 0 aliphatic carbocycles. The third-order valence-electron chi connectivity index (χ3n) is 2.73. The first-order valence-corrected chi connectivity index (χ1v) is 5.84. The van der Waals surface area contributed by atoms with Crippen LogP contribution in [0.5, 0.6) is 11.5 Å². The van der Waals surface area contributed by atoms with E-state index in [-0.39, 0.29) is 12.7 Å². The molecule has 0 fully saturated rings. The van der Waals surface area contributed by atoms with E-state index < -0.39 is 0 Å². The van der Waals surface area contributed by atoms with Crippen molar-refractivity contribution in [3.63, 3.8) is 0 Å². The number of carbonyl (C=O) groups is 1. The summed E-state index contributed by atoms with van der Waals surface area (Å²) in [4.78, 5) is 11.9. The average Bonchev–Trinajstić information content (AvgIpc) is 2.93. The Labute approximate surface area is 110 Å². The summed E-state index contributed by atoms with van der Waals surface area (Å²) in [6.45, 7) is 0.197. The topological polar surface area (TPSA) is 59.6 Å². The second-order valence-electron chi connectivity index (χ2n) is 4.01. The summed E-state index contributed by atoms with van der Waals surface area (Å²) < 4.78 is 10.4. The fourth-order valence-corrected chi connectivity index (χ4v) is 1.76. The Morgan fingerprint density at radius 3 is 2.63 bits per heavy atom. The fraction of sp³-hybridized carbons (Fsp3) is 0.0714. The zero-order chi connectivity index (χ0) is 13.1. The minimum Gasteiger partial charge on any atom is -0.454 e. The van der Waals surface area contributed by atoms with Crippen LogP contribution in [-0.4, -0.2) is 12.7 Å². The van der Waals surface area contributed by atoms with Crippen molar-refractivity contribution in [1.29, 1.82) is 0 Å². The van der Waals surface area contributed by atoms with Crippen molar-refractivity contribution in [2.75, 3.05) is 12.2 Å². The van der Waals surface area contributed by atoms with Crippen molar-refractivity contribution in [1.82, 2.24) is 5.43 Å². The Balaban J connectivity index is 1.67. The number of para-hydroxylation sites is 1. The number of anilines is 1. The van der Waals surface area contributed by atoms with Crippen LogP contribution in [0.3, 0.4) is 0 Å². The molecule has 5 nitrogen and oxygen atoms in total. The molecule has 0 unspecified atom stereocenters. The summed E-state index contributed by atoms with van der Waals surface area (Å²) in [7, 11) is 0. The van der Waals surface area contributed by atoms with E-state index in [0.717, 1.165) is 5.69 Å². The van der Waals surface area contributed by atoms with E-state index in [0.29, 0.717) is 17.1 Å². The number of hydrogen-bond donors (Lipinski definition) is 2. The molecule has 2 aromatic carbocycles. The molecule has 1 heterocycles. The molecule has 5 heteroatoms. The summed E-state index contributed by atoms with van der Waals surface area (Å²) in [5.41, 5.74) is 6.78. The lowest BCUT2D eigenvalue weighted by Crippen LogP contribution is -2.29. The Morgan fingerprint density at radius 1 is 1.00 bits per heavy atom. The summed E-state index contributed by atoms with van der Waals surface area (Å²) in [6, 6.07) is 14.5. The number of ether oxygens (including phenoxy) is 2. The monoisotopic (exact) mass is 256 g/mol. The first-order chi connectivity index (χ1) is 9.33. The molecule has 2 N–H and O–H groups in total. The highest BCUT2D eigenvalue weighted by Crippen LogP contribution is 2.32. The van der Waals surface area contributed by atoms with Crippen LogP contribution in [0.1, 0.15) is 10.4 Å². The summed E-state index contributed by atoms with van der Waals surface area (Å²) >= 11 is 0. The molecule has 96 valence electrons. The number of benzene rings is 2. The molecule has 2 aromatic rings. The maximum atomic E-state index is 11.9. The van der Waals surface area contributed by atoms with Gasteiger partial charge in [0.25, 0.3) is 5.91 Å². The second kappa shape index (κ2) is 4.89. The fourth-order valence-electron chi connectivity index (χ4n) is 1.76. The minimum absolute atomic E-state index is 0.197. The molecule has 19 heavy (non-hydrogen) atoms. The summed E-state index contributed by atoms with van der Waals surface area (Å²) in [5.74, 6) is 1.02. The standard InChI is InChI=1S/C14H12N2O3/c17-14(16-15-11-4-2-1-3-5-11)10-6-7-12-13(8-10)19-9-18-12/h1-8,15H,9H2,(H,16,17). The predicted octanol–water partition coefficient (Wildman–Crippen LogP) is 2.17. The molecule has 0 spiro atoms. The minimum atomic E-state index is -0.234. The van der Waals surface area contributed by atoms with Crippen molar-refractivity contribution < 1.29 is 14.3 Å². The molecule has 3 rings (SSSR count). The Kier molecular flexibility index (Phi) is 2.94. The van der Waals surface area contributed by atoms with Crippen LogP contribution >= 0.6 is 0 Å². The largest absolute Gasteiger partial charge is 0.454 e. The van der Waals surface area contributed by atoms with Crippen LogP contribution in [0.25, 0.3) is 0 Å². The number of carbonyl (C=O) groups excluding carboxylic acids is 1. The van der Waals surface area contributed by atoms with Crippen molar-refractivity contribution in [3.8, 4) is 11.5 Å². The number of nitrogens with one attached hydrogen (secondary N) is 2. The first-order valence-electron chi connectivity index (χ1n) is 5.84. The molecule has 0 aromatic heterocycles. The molecule has 1 amide bonds. The highest BCUT2D eigenvalue weighted by molar-refractivity contribution is 5.95. The van der Waals surface area contributed by atoms with E-state index in [2.05, 4.69) is 10.9 Å². The van der Waals surface area contributed by atoms with Gasteiger partial charge in [0.15, 0.2) is 11.5 Å². The number of amides is 1. The SMILES string of the molecule is O=C(NNc1ccccc1)c1ccc2c(c1)OCO2. The van der Waals surface area contributed by atoms with Crippen LogP contribution in [0.15, 0.2) is 48.5 Å². The molecule has 0 atom stereocenters. The quantitative estimate of drug-likeness (QED) is 0.826. The Bertz CT molecular complexity index is 599. The van der Waals surface area contributed by atoms with E-state index in [1.165, 1.54) is 0 Å². The lowest BCUT2D eigenvalue weighted by Gasteiger charge is -2.08. The van der Waals surface area contributed by atoms with E-state index in [1.807, 2.05) is 30.3 Å². The Hall–Kier alpha value is -2.69. The van der Waals surface area contributed by atoms with Gasteiger partial charge in [-0.1, -0.05) is 18.2 Å². The third-order valence-corrected chi connectivity index (χ3v) is 2.73. The van der Waals surface area contributed by atoms with Gasteiger partial charge in [0.05, 0.1) is 5.69 Å². The van der Waals surface area contributed by atoms with E-state index in [1.54, 1.807) is 18.2 Å². The van der Waals surface area contributed by atoms with Crippen LogP contribution < -0.4 is 20.3 Å². The maximum absolute atomic E-state index is 11.9. The predicted molar refractivity (Wildman–Crippen MR) is 70.1 cm³/mol. The third kappa shape index (κ3) is 2.44. The van der Waals surface area contributed by atoms with E-state index in [4.69, 9.17) is 9.47 Å². The van der Waals surface area contributed by atoms with Gasteiger partial charge in [-0.3, -0.25) is 15.6 Å². The maximum Gasteiger partial charge on any atom is 0.269 e. The van der Waals surface area contributed by atoms with Crippen molar-refractivity contribution in [3.05, 3.63) is 54.1 Å². The molecule has 1 aliphatic rings. The lowest BCUT2D eigenvalue weighted by atomic mass is 10.2. The average molecular weight is 256 g/mol. The van der Waals surface area contributed by atoms with Gasteiger partial charge < -0.3 is 9.47 Å². The molecule has 0 bridgehead atoms. The van der Waals surface area contributed by atoms with Crippen LogP contribution in [0.4, 0.5) is 5.69 Å². The van der Waals surface area contributed by atoms with Gasteiger partial charge in [0, 0.05) is 5.56 Å². The van der Waals surface area contributed by atoms with Crippen LogP contribution in [-0.2, 0) is 0 Å². The van der Waals surface area contributed by atoms with Gasteiger partial charge in [-0.05, 0) is 30.3 Å². The second-order valence-corrected chi connectivity index (χ2v) is 4.01. The van der Waals surface area contributed by atoms with Crippen LogP contribution in [0, 0.1) is 0 Å². The van der Waals surface area contributed by atoms with Gasteiger partial charge in [-0.25, -0.2) is 0 Å².